The molecule has 0 aromatic heterocycles. The van der Waals surface area contributed by atoms with E-state index in [0.29, 0.717) is 6.42 Å². The van der Waals surface area contributed by atoms with Gasteiger partial charge in [-0.1, -0.05) is 60.7 Å². The van der Waals surface area contributed by atoms with Gasteiger partial charge in [0.05, 0.1) is 6.42 Å². The normalized spacial score (nSPS) is 15.9. The number of benzene rings is 2. The maximum absolute atomic E-state index is 13.3. The van der Waals surface area contributed by atoms with E-state index in [0.717, 1.165) is 10.5 Å². The van der Waals surface area contributed by atoms with Crippen LogP contribution in [0.15, 0.2) is 65.7 Å². The number of aliphatic imine (C=N–C) groups is 1. The number of carbonyl (C=O) groups is 6. The fourth-order valence-corrected chi connectivity index (χ4v) is 4.51. The highest BCUT2D eigenvalue weighted by Crippen LogP contribution is 2.24. The molecule has 0 spiro atoms. The second kappa shape index (κ2) is 15.0. The van der Waals surface area contributed by atoms with E-state index >= 15 is 0 Å². The zero-order valence-corrected chi connectivity index (χ0v) is 23.1. The van der Waals surface area contributed by atoms with Gasteiger partial charge in [-0.3, -0.25) is 29.1 Å². The summed E-state index contributed by atoms with van der Waals surface area (Å²) in [5.41, 5.74) is 11.7. The fraction of sp³-hybridized carbons (Fsp3) is 0.321. The monoisotopic (exact) mass is 595 g/mol. The summed E-state index contributed by atoms with van der Waals surface area (Å²) in [7, 11) is 0. The van der Waals surface area contributed by atoms with Crippen LogP contribution in [0.2, 0.25) is 0 Å². The molecule has 15 nitrogen and oxygen atoms in total. The van der Waals surface area contributed by atoms with Crippen molar-refractivity contribution in [1.82, 2.24) is 20.4 Å². The molecule has 2 aromatic rings. The molecular weight excluding hydrogens is 562 g/mol. The van der Waals surface area contributed by atoms with Crippen molar-refractivity contribution < 1.29 is 39.0 Å². The molecule has 0 radical (unpaired) electrons. The number of nitrogens with zero attached hydrogens (tertiary/aromatic N) is 3. The van der Waals surface area contributed by atoms with Crippen LogP contribution < -0.4 is 22.1 Å². The van der Waals surface area contributed by atoms with Crippen LogP contribution in [0.25, 0.3) is 0 Å². The maximum atomic E-state index is 13.3. The Morgan fingerprint density at radius 3 is 2.14 bits per heavy atom. The number of urea groups is 1. The highest BCUT2D eigenvalue weighted by Gasteiger charge is 2.45. The molecule has 0 saturated carbocycles. The Kier molecular flexibility index (Phi) is 11.1. The zero-order chi connectivity index (χ0) is 31.5. The Morgan fingerprint density at radius 2 is 1.56 bits per heavy atom. The predicted octanol–water partition coefficient (Wildman–Crippen LogP) is -0.225. The molecule has 8 N–H and O–H groups in total. The summed E-state index contributed by atoms with van der Waals surface area (Å²) < 4.78 is 0. The van der Waals surface area contributed by atoms with Crippen molar-refractivity contribution in [2.75, 3.05) is 13.1 Å². The molecule has 5 amide bonds. The van der Waals surface area contributed by atoms with Crippen molar-refractivity contribution in [2.24, 2.45) is 16.5 Å². The van der Waals surface area contributed by atoms with Crippen LogP contribution in [-0.4, -0.2) is 86.8 Å². The number of carbonyl (C=O) groups excluding carboxylic acids is 4. The third kappa shape index (κ3) is 9.01. The second-order valence-corrected chi connectivity index (χ2v) is 9.69. The highest BCUT2D eigenvalue weighted by atomic mass is 16.4. The van der Waals surface area contributed by atoms with E-state index in [4.69, 9.17) is 11.5 Å². The lowest BCUT2D eigenvalue weighted by Crippen LogP contribution is -2.52. The van der Waals surface area contributed by atoms with Crippen molar-refractivity contribution >= 4 is 41.7 Å². The first-order valence-electron chi connectivity index (χ1n) is 13.3. The number of carboxylic acids is 2. The van der Waals surface area contributed by atoms with Gasteiger partial charge in [0.25, 0.3) is 5.91 Å². The summed E-state index contributed by atoms with van der Waals surface area (Å²) >= 11 is 0. The molecule has 15 heteroatoms. The molecule has 1 saturated heterocycles. The summed E-state index contributed by atoms with van der Waals surface area (Å²) in [6.45, 7) is -0.499. The number of hydrogen-bond donors (Lipinski definition) is 6. The van der Waals surface area contributed by atoms with Gasteiger partial charge < -0.3 is 37.2 Å². The quantitative estimate of drug-likeness (QED) is 0.0684. The molecule has 1 fully saturated rings. The van der Waals surface area contributed by atoms with E-state index in [2.05, 4.69) is 15.6 Å². The minimum Gasteiger partial charge on any atom is -0.481 e. The second-order valence-electron chi connectivity index (χ2n) is 9.69. The third-order valence-corrected chi connectivity index (χ3v) is 6.53. The number of guanidine groups is 1. The molecule has 1 heterocycles. The van der Waals surface area contributed by atoms with Crippen LogP contribution in [0.5, 0.6) is 0 Å². The first-order valence-corrected chi connectivity index (χ1v) is 13.3. The molecule has 1 aliphatic rings. The van der Waals surface area contributed by atoms with E-state index in [1.165, 1.54) is 17.0 Å². The van der Waals surface area contributed by atoms with Gasteiger partial charge in [0, 0.05) is 13.1 Å². The van der Waals surface area contributed by atoms with E-state index in [1.807, 2.05) is 0 Å². The zero-order valence-electron chi connectivity index (χ0n) is 23.1. The Morgan fingerprint density at radius 1 is 0.930 bits per heavy atom. The van der Waals surface area contributed by atoms with Gasteiger partial charge in [0.1, 0.15) is 18.6 Å². The van der Waals surface area contributed by atoms with Crippen molar-refractivity contribution in [1.29, 1.82) is 0 Å². The largest absolute Gasteiger partial charge is 0.481 e. The van der Waals surface area contributed by atoms with Gasteiger partial charge in [-0.15, -0.1) is 0 Å². The summed E-state index contributed by atoms with van der Waals surface area (Å²) in [6, 6.07) is 11.7. The Bertz CT molecular complexity index is 1370. The number of amides is 5. The van der Waals surface area contributed by atoms with Crippen molar-refractivity contribution in [3.8, 4) is 0 Å². The number of carboxylic acid groups (broad SMARTS) is 2. The molecule has 3 atom stereocenters. The average molecular weight is 596 g/mol. The topological polar surface area (TPSA) is 238 Å². The average Bonchev–Trinajstić information content (AvgIpc) is 3.17. The lowest BCUT2D eigenvalue weighted by atomic mass is 10.1. The molecule has 0 aliphatic carbocycles. The molecule has 0 bridgehead atoms. The SMILES string of the molecule is NC(N)=NCCC[C@@H]1C(=O)N(CC(=O)N[C@H](CC(=O)O)C(=O)N[C@H](C(=O)O)c2ccccc2)C(=O)N1Cc1ccccc1. The fourth-order valence-electron chi connectivity index (χ4n) is 4.51. The van der Waals surface area contributed by atoms with Crippen LogP contribution in [-0.2, 0) is 30.5 Å². The summed E-state index contributed by atoms with van der Waals surface area (Å²) in [6.07, 6.45) is -0.319. The molecule has 43 heavy (non-hydrogen) atoms. The number of aliphatic carboxylic acids is 2. The Balaban J connectivity index is 1.74. The lowest BCUT2D eigenvalue weighted by Gasteiger charge is -2.22. The first kappa shape index (κ1) is 32.0. The first-order chi connectivity index (χ1) is 20.5. The highest BCUT2D eigenvalue weighted by molar-refractivity contribution is 6.06. The minimum absolute atomic E-state index is 0.0800. The van der Waals surface area contributed by atoms with Crippen LogP contribution in [0, 0.1) is 0 Å². The third-order valence-electron chi connectivity index (χ3n) is 6.53. The minimum atomic E-state index is -1.70. The molecule has 1 aliphatic heterocycles. The molecule has 0 unspecified atom stereocenters. The summed E-state index contributed by atoms with van der Waals surface area (Å²) in [5.74, 6) is -5.69. The van der Waals surface area contributed by atoms with Gasteiger partial charge >= 0.3 is 18.0 Å². The van der Waals surface area contributed by atoms with E-state index in [-0.39, 0.29) is 31.0 Å². The standard InChI is InChI=1S/C28H33N7O8/c29-27(30)31-13-7-12-20-25(40)35(28(43)34(20)15-17-8-3-1-4-9-17)16-21(36)32-19(14-22(37)38)24(39)33-23(26(41)42)18-10-5-2-6-11-18/h1-6,8-11,19-20,23H,7,12-16H2,(H,32,36)(H,33,39)(H,37,38)(H,41,42)(H4,29,30,31)/t19-,20-,23+/m1/s1. The summed E-state index contributed by atoms with van der Waals surface area (Å²) in [4.78, 5) is 81.7. The number of rotatable bonds is 15. The number of hydrogen-bond acceptors (Lipinski definition) is 7. The van der Waals surface area contributed by atoms with Gasteiger partial charge in [-0.05, 0) is 24.0 Å². The number of imide groups is 1. The lowest BCUT2D eigenvalue weighted by molar-refractivity contribution is -0.143. The Hall–Kier alpha value is -5.47. The summed E-state index contributed by atoms with van der Waals surface area (Å²) in [5, 5.41) is 23.4. The van der Waals surface area contributed by atoms with Gasteiger partial charge in [0.15, 0.2) is 12.0 Å². The maximum Gasteiger partial charge on any atom is 0.330 e. The van der Waals surface area contributed by atoms with Gasteiger partial charge in [-0.25, -0.2) is 9.59 Å². The van der Waals surface area contributed by atoms with Gasteiger partial charge in [-0.2, -0.15) is 0 Å². The van der Waals surface area contributed by atoms with Crippen LogP contribution >= 0.6 is 0 Å². The molecule has 2 aromatic carbocycles. The van der Waals surface area contributed by atoms with Gasteiger partial charge in [0.2, 0.25) is 11.8 Å². The van der Waals surface area contributed by atoms with Crippen molar-refractivity contribution in [2.45, 2.75) is 43.9 Å². The Labute approximate surface area is 246 Å². The molecular formula is C28H33N7O8. The van der Waals surface area contributed by atoms with E-state index in [1.54, 1.807) is 48.5 Å². The molecule has 228 valence electrons. The number of nitrogens with one attached hydrogen (secondary N) is 2. The number of nitrogens with two attached hydrogens (primary N) is 2. The van der Waals surface area contributed by atoms with E-state index in [9.17, 15) is 39.0 Å². The van der Waals surface area contributed by atoms with Crippen LogP contribution in [0.4, 0.5) is 4.79 Å². The van der Waals surface area contributed by atoms with Crippen molar-refractivity contribution in [3.05, 3.63) is 71.8 Å². The smallest absolute Gasteiger partial charge is 0.330 e. The van der Waals surface area contributed by atoms with Crippen molar-refractivity contribution in [3.63, 3.8) is 0 Å². The predicted molar refractivity (Wildman–Crippen MR) is 152 cm³/mol. The molecule has 3 rings (SSSR count). The van der Waals surface area contributed by atoms with Crippen LogP contribution in [0.3, 0.4) is 0 Å². The van der Waals surface area contributed by atoms with E-state index < -0.39 is 66.8 Å². The van der Waals surface area contributed by atoms with Crippen LogP contribution in [0.1, 0.15) is 36.4 Å².